The predicted octanol–water partition coefficient (Wildman–Crippen LogP) is 2.35. The van der Waals surface area contributed by atoms with E-state index in [1.165, 1.54) is 0 Å². The van der Waals surface area contributed by atoms with Crippen molar-refractivity contribution in [3.63, 3.8) is 0 Å². The minimum Gasteiger partial charge on any atom is -0.329 e. The maximum atomic E-state index is 12.4. The second-order valence-corrected chi connectivity index (χ2v) is 6.55. The van der Waals surface area contributed by atoms with Crippen molar-refractivity contribution >= 4 is 20.6 Å². The molecule has 2 aromatic carbocycles. The van der Waals surface area contributed by atoms with Gasteiger partial charge in [-0.2, -0.15) is 0 Å². The van der Waals surface area contributed by atoms with E-state index in [1.54, 1.807) is 12.1 Å². The first-order valence-corrected chi connectivity index (χ1v) is 7.57. The average molecular weight is 263 g/mol. The van der Waals surface area contributed by atoms with Crippen LogP contribution in [-0.4, -0.2) is 20.2 Å². The van der Waals surface area contributed by atoms with E-state index >= 15 is 0 Å². The Morgan fingerprint density at radius 3 is 2.39 bits per heavy atom. The van der Waals surface area contributed by atoms with E-state index in [0.29, 0.717) is 11.3 Å². The fourth-order valence-corrected chi connectivity index (χ4v) is 3.68. The summed E-state index contributed by atoms with van der Waals surface area (Å²) in [5, 5.41) is 1.47. The highest BCUT2D eigenvalue weighted by atomic mass is 32.2. The Bertz CT molecular complexity index is 646. The summed E-state index contributed by atoms with van der Waals surface area (Å²) in [4.78, 5) is 0.360. The van der Waals surface area contributed by atoms with Gasteiger partial charge in [0.05, 0.1) is 10.1 Å². The van der Waals surface area contributed by atoms with Crippen LogP contribution in [-0.2, 0) is 9.84 Å². The van der Waals surface area contributed by atoms with Gasteiger partial charge in [0.25, 0.3) is 0 Å². The third kappa shape index (κ3) is 2.26. The van der Waals surface area contributed by atoms with E-state index in [1.807, 2.05) is 37.3 Å². The first kappa shape index (κ1) is 13.1. The van der Waals surface area contributed by atoms with Gasteiger partial charge in [-0.1, -0.05) is 37.3 Å². The van der Waals surface area contributed by atoms with Crippen molar-refractivity contribution in [2.75, 3.05) is 6.54 Å². The summed E-state index contributed by atoms with van der Waals surface area (Å²) >= 11 is 0. The Labute approximate surface area is 108 Å². The van der Waals surface area contributed by atoms with Crippen LogP contribution in [0.1, 0.15) is 13.3 Å². The molecule has 0 aliphatic rings. The summed E-state index contributed by atoms with van der Waals surface area (Å²) in [6.45, 7) is 2.00. The highest BCUT2D eigenvalue weighted by Gasteiger charge is 2.24. The molecule has 0 saturated heterocycles. The standard InChI is InChI=1S/C14H17NO2S/c1-2-13(10-15)18(16,17)14-8-7-11-5-3-4-6-12(11)9-14/h3-9,13H,2,10,15H2,1H3. The van der Waals surface area contributed by atoms with Gasteiger partial charge in [-0.25, -0.2) is 8.42 Å². The minimum atomic E-state index is -3.32. The molecular weight excluding hydrogens is 246 g/mol. The summed E-state index contributed by atoms with van der Waals surface area (Å²) in [7, 11) is -3.32. The second-order valence-electron chi connectivity index (χ2n) is 4.32. The number of hydrogen-bond donors (Lipinski definition) is 1. The van der Waals surface area contributed by atoms with Crippen LogP contribution >= 0.6 is 0 Å². The molecule has 3 nitrogen and oxygen atoms in total. The normalized spacial score (nSPS) is 13.7. The van der Waals surface area contributed by atoms with Gasteiger partial charge in [-0.3, -0.25) is 0 Å². The van der Waals surface area contributed by atoms with Gasteiger partial charge >= 0.3 is 0 Å². The van der Waals surface area contributed by atoms with E-state index in [-0.39, 0.29) is 6.54 Å². The van der Waals surface area contributed by atoms with Gasteiger partial charge in [0, 0.05) is 6.54 Å². The number of fused-ring (bicyclic) bond motifs is 1. The van der Waals surface area contributed by atoms with Crippen molar-refractivity contribution in [1.82, 2.24) is 0 Å². The molecule has 0 saturated carbocycles. The van der Waals surface area contributed by atoms with Crippen molar-refractivity contribution in [3.05, 3.63) is 42.5 Å². The van der Waals surface area contributed by atoms with Gasteiger partial charge in [0.15, 0.2) is 9.84 Å². The zero-order valence-electron chi connectivity index (χ0n) is 10.3. The smallest absolute Gasteiger partial charge is 0.182 e. The van der Waals surface area contributed by atoms with Crippen molar-refractivity contribution in [1.29, 1.82) is 0 Å². The first-order valence-electron chi connectivity index (χ1n) is 6.02. The molecule has 0 heterocycles. The molecule has 18 heavy (non-hydrogen) atoms. The molecule has 0 radical (unpaired) electrons. The van der Waals surface area contributed by atoms with Gasteiger partial charge in [0.2, 0.25) is 0 Å². The lowest BCUT2D eigenvalue weighted by molar-refractivity contribution is 0.576. The van der Waals surface area contributed by atoms with E-state index < -0.39 is 15.1 Å². The molecule has 96 valence electrons. The molecule has 0 aliphatic carbocycles. The average Bonchev–Trinajstić information content (AvgIpc) is 2.39. The third-order valence-corrected chi connectivity index (χ3v) is 5.52. The van der Waals surface area contributed by atoms with Crippen LogP contribution in [0.2, 0.25) is 0 Å². The van der Waals surface area contributed by atoms with Crippen LogP contribution in [0, 0.1) is 0 Å². The van der Waals surface area contributed by atoms with Crippen molar-refractivity contribution in [2.24, 2.45) is 5.73 Å². The Balaban J connectivity index is 2.54. The highest BCUT2D eigenvalue weighted by molar-refractivity contribution is 7.92. The van der Waals surface area contributed by atoms with E-state index in [4.69, 9.17) is 5.73 Å². The van der Waals surface area contributed by atoms with Crippen molar-refractivity contribution < 1.29 is 8.42 Å². The Kier molecular flexibility index (Phi) is 3.68. The first-order chi connectivity index (χ1) is 8.59. The molecule has 0 amide bonds. The van der Waals surface area contributed by atoms with Gasteiger partial charge < -0.3 is 5.73 Å². The highest BCUT2D eigenvalue weighted by Crippen LogP contribution is 2.22. The van der Waals surface area contributed by atoms with Gasteiger partial charge in [0.1, 0.15) is 0 Å². The molecule has 1 unspecified atom stereocenters. The largest absolute Gasteiger partial charge is 0.329 e. The number of nitrogens with two attached hydrogens (primary N) is 1. The number of benzene rings is 2. The van der Waals surface area contributed by atoms with Crippen LogP contribution in [0.15, 0.2) is 47.4 Å². The van der Waals surface area contributed by atoms with Crippen molar-refractivity contribution in [2.45, 2.75) is 23.5 Å². The van der Waals surface area contributed by atoms with Gasteiger partial charge in [-0.15, -0.1) is 0 Å². The molecular formula is C14H17NO2S. The van der Waals surface area contributed by atoms with Crippen LogP contribution in [0.3, 0.4) is 0 Å². The Morgan fingerprint density at radius 2 is 1.78 bits per heavy atom. The summed E-state index contributed by atoms with van der Waals surface area (Å²) < 4.78 is 24.7. The number of rotatable bonds is 4. The lowest BCUT2D eigenvalue weighted by atomic mass is 10.1. The predicted molar refractivity (Wildman–Crippen MR) is 74.3 cm³/mol. The molecule has 0 bridgehead atoms. The summed E-state index contributed by atoms with van der Waals surface area (Å²) in [5.74, 6) is 0. The summed E-state index contributed by atoms with van der Waals surface area (Å²) in [6.07, 6.45) is 0.533. The molecule has 0 spiro atoms. The maximum Gasteiger partial charge on any atom is 0.182 e. The topological polar surface area (TPSA) is 60.2 Å². The lowest BCUT2D eigenvalue weighted by Gasteiger charge is -2.14. The zero-order valence-corrected chi connectivity index (χ0v) is 11.2. The van der Waals surface area contributed by atoms with Crippen LogP contribution in [0.4, 0.5) is 0 Å². The van der Waals surface area contributed by atoms with Crippen LogP contribution in [0.25, 0.3) is 10.8 Å². The molecule has 2 aromatic rings. The minimum absolute atomic E-state index is 0.158. The molecule has 0 aliphatic heterocycles. The SMILES string of the molecule is CCC(CN)S(=O)(=O)c1ccc2ccccc2c1. The fraction of sp³-hybridized carbons (Fsp3) is 0.286. The number of sulfone groups is 1. The van der Waals surface area contributed by atoms with Crippen LogP contribution in [0.5, 0.6) is 0 Å². The third-order valence-electron chi connectivity index (χ3n) is 3.21. The molecule has 2 N–H and O–H groups in total. The van der Waals surface area contributed by atoms with E-state index in [2.05, 4.69) is 0 Å². The summed E-state index contributed by atoms with van der Waals surface area (Å²) in [6, 6.07) is 12.9. The Hall–Kier alpha value is -1.39. The van der Waals surface area contributed by atoms with Crippen LogP contribution < -0.4 is 5.73 Å². The lowest BCUT2D eigenvalue weighted by Crippen LogP contribution is -2.29. The number of hydrogen-bond acceptors (Lipinski definition) is 3. The van der Waals surface area contributed by atoms with E-state index in [0.717, 1.165) is 10.8 Å². The van der Waals surface area contributed by atoms with Gasteiger partial charge in [-0.05, 0) is 29.3 Å². The monoisotopic (exact) mass is 263 g/mol. The second kappa shape index (κ2) is 5.08. The molecule has 0 aromatic heterocycles. The molecule has 4 heteroatoms. The van der Waals surface area contributed by atoms with Crippen molar-refractivity contribution in [3.8, 4) is 0 Å². The quantitative estimate of drug-likeness (QED) is 0.921. The maximum absolute atomic E-state index is 12.4. The van der Waals surface area contributed by atoms with E-state index in [9.17, 15) is 8.42 Å². The summed E-state index contributed by atoms with van der Waals surface area (Å²) in [5.41, 5.74) is 5.54. The Morgan fingerprint density at radius 1 is 1.11 bits per heavy atom. The molecule has 0 fully saturated rings. The zero-order chi connectivity index (χ0) is 13.2. The molecule has 2 rings (SSSR count). The molecule has 1 atom stereocenters. The fourth-order valence-electron chi connectivity index (χ4n) is 2.05.